The Labute approximate surface area is 140 Å². The van der Waals surface area contributed by atoms with Crippen LogP contribution < -0.4 is 10.1 Å². The predicted molar refractivity (Wildman–Crippen MR) is 93.1 cm³/mol. The average Bonchev–Trinajstić information content (AvgIpc) is 2.97. The summed E-state index contributed by atoms with van der Waals surface area (Å²) in [6, 6.07) is 7.21. The number of ether oxygens (including phenoxy) is 1. The molecule has 1 aromatic carbocycles. The molecule has 2 saturated heterocycles. The van der Waals surface area contributed by atoms with E-state index in [1.165, 1.54) is 43.7 Å². The number of hydrogen-bond acceptors (Lipinski definition) is 4. The van der Waals surface area contributed by atoms with Crippen molar-refractivity contribution in [3.05, 3.63) is 29.3 Å². The van der Waals surface area contributed by atoms with Gasteiger partial charge in [0.15, 0.2) is 0 Å². The van der Waals surface area contributed by atoms with Gasteiger partial charge in [-0.05, 0) is 19.4 Å². The molecule has 2 aliphatic heterocycles. The van der Waals surface area contributed by atoms with Gasteiger partial charge >= 0.3 is 0 Å². The van der Waals surface area contributed by atoms with Crippen LogP contribution in [0.4, 0.5) is 0 Å². The Morgan fingerprint density at radius 1 is 1.23 bits per heavy atom. The molecule has 2 fully saturated rings. The van der Waals surface area contributed by atoms with E-state index < -0.39 is 0 Å². The van der Waals surface area contributed by atoms with E-state index >= 15 is 0 Å². The highest BCUT2D eigenvalue weighted by molar-refractivity contribution is 5.85. The highest BCUT2D eigenvalue weighted by Gasteiger charge is 2.28. The second-order valence-corrected chi connectivity index (χ2v) is 6.28. The van der Waals surface area contributed by atoms with Gasteiger partial charge in [0.25, 0.3) is 0 Å². The third-order valence-corrected chi connectivity index (χ3v) is 4.75. The average molecular weight is 326 g/mol. The Morgan fingerprint density at radius 3 is 2.73 bits per heavy atom. The van der Waals surface area contributed by atoms with Crippen LogP contribution in [0.15, 0.2) is 18.2 Å². The fraction of sp³-hybridized carbons (Fsp3) is 0.647. The molecule has 124 valence electrons. The minimum atomic E-state index is 0. The third kappa shape index (κ3) is 4.13. The number of aryl methyl sites for hydroxylation is 1. The number of nitrogens with one attached hydrogen (secondary N) is 1. The van der Waals surface area contributed by atoms with Crippen LogP contribution in [-0.2, 0) is 6.54 Å². The zero-order chi connectivity index (χ0) is 14.7. The first-order valence-corrected chi connectivity index (χ1v) is 8.07. The monoisotopic (exact) mass is 325 g/mol. The van der Waals surface area contributed by atoms with Gasteiger partial charge in [-0.3, -0.25) is 9.80 Å². The third-order valence-electron chi connectivity index (χ3n) is 4.75. The molecule has 0 saturated carbocycles. The molecule has 3 rings (SSSR count). The van der Waals surface area contributed by atoms with Gasteiger partial charge in [0.2, 0.25) is 0 Å². The molecule has 1 N–H and O–H groups in total. The summed E-state index contributed by atoms with van der Waals surface area (Å²) < 4.78 is 5.51. The maximum absolute atomic E-state index is 5.51. The zero-order valence-corrected chi connectivity index (χ0v) is 14.5. The van der Waals surface area contributed by atoms with Crippen molar-refractivity contribution in [1.29, 1.82) is 0 Å². The Morgan fingerprint density at radius 2 is 2.00 bits per heavy atom. The highest BCUT2D eigenvalue weighted by atomic mass is 35.5. The molecule has 5 heteroatoms. The van der Waals surface area contributed by atoms with Crippen molar-refractivity contribution in [2.45, 2.75) is 25.9 Å². The largest absolute Gasteiger partial charge is 0.496 e. The highest BCUT2D eigenvalue weighted by Crippen LogP contribution is 2.24. The molecule has 1 unspecified atom stereocenters. The van der Waals surface area contributed by atoms with E-state index in [-0.39, 0.29) is 12.4 Å². The summed E-state index contributed by atoms with van der Waals surface area (Å²) in [4.78, 5) is 5.23. The van der Waals surface area contributed by atoms with Crippen molar-refractivity contribution >= 4 is 12.4 Å². The molecule has 0 aromatic heterocycles. The Balaban J connectivity index is 0.00000176. The van der Waals surface area contributed by atoms with Crippen molar-refractivity contribution in [2.24, 2.45) is 0 Å². The molecule has 0 bridgehead atoms. The second kappa shape index (κ2) is 8.16. The van der Waals surface area contributed by atoms with E-state index in [0.29, 0.717) is 0 Å². The first-order valence-electron chi connectivity index (χ1n) is 8.07. The van der Waals surface area contributed by atoms with Gasteiger partial charge in [0, 0.05) is 57.4 Å². The van der Waals surface area contributed by atoms with E-state index in [1.54, 1.807) is 7.11 Å². The standard InChI is InChI=1S/C17H27N3O.ClH/c1-14-3-4-17(21-2)15(11-14)12-19-8-5-16(13-19)20-9-6-18-7-10-20;/h3-4,11,16,18H,5-10,12-13H2,1-2H3;1H. The normalized spacial score (nSPS) is 23.3. The molecule has 2 heterocycles. The summed E-state index contributed by atoms with van der Waals surface area (Å²) in [6.07, 6.45) is 1.30. The Hall–Kier alpha value is -0.810. The molecule has 2 aliphatic rings. The summed E-state index contributed by atoms with van der Waals surface area (Å²) in [5.41, 5.74) is 2.63. The molecule has 22 heavy (non-hydrogen) atoms. The molecular formula is C17H28ClN3O. The van der Waals surface area contributed by atoms with Crippen LogP contribution in [0, 0.1) is 6.92 Å². The number of methoxy groups -OCH3 is 1. The number of likely N-dealkylation sites (tertiary alicyclic amines) is 1. The lowest BCUT2D eigenvalue weighted by Gasteiger charge is -2.32. The Kier molecular flexibility index (Phi) is 6.50. The summed E-state index contributed by atoms with van der Waals surface area (Å²) >= 11 is 0. The van der Waals surface area contributed by atoms with Gasteiger partial charge in [-0.15, -0.1) is 12.4 Å². The first kappa shape index (κ1) is 17.5. The molecule has 0 aliphatic carbocycles. The van der Waals surface area contributed by atoms with Crippen LogP contribution in [0.25, 0.3) is 0 Å². The van der Waals surface area contributed by atoms with Gasteiger partial charge in [-0.1, -0.05) is 17.7 Å². The number of piperazine rings is 1. The van der Waals surface area contributed by atoms with Crippen LogP contribution in [0.3, 0.4) is 0 Å². The SMILES string of the molecule is COc1ccc(C)cc1CN1CCC(N2CCNCC2)C1.Cl. The molecular weight excluding hydrogens is 298 g/mol. The van der Waals surface area contributed by atoms with Crippen molar-refractivity contribution in [1.82, 2.24) is 15.1 Å². The van der Waals surface area contributed by atoms with Crippen molar-refractivity contribution in [3.63, 3.8) is 0 Å². The van der Waals surface area contributed by atoms with Crippen LogP contribution in [0.2, 0.25) is 0 Å². The predicted octanol–water partition coefficient (Wildman–Crippen LogP) is 1.90. The first-order chi connectivity index (χ1) is 10.3. The zero-order valence-electron chi connectivity index (χ0n) is 13.7. The van der Waals surface area contributed by atoms with Crippen LogP contribution in [0.5, 0.6) is 5.75 Å². The van der Waals surface area contributed by atoms with E-state index in [9.17, 15) is 0 Å². The fourth-order valence-corrected chi connectivity index (χ4v) is 3.57. The summed E-state index contributed by atoms with van der Waals surface area (Å²) in [5.74, 6) is 1.02. The van der Waals surface area contributed by atoms with Crippen LogP contribution in [0.1, 0.15) is 17.5 Å². The van der Waals surface area contributed by atoms with Crippen LogP contribution >= 0.6 is 12.4 Å². The van der Waals surface area contributed by atoms with Gasteiger partial charge in [0.05, 0.1) is 7.11 Å². The second-order valence-electron chi connectivity index (χ2n) is 6.28. The quantitative estimate of drug-likeness (QED) is 0.915. The number of hydrogen-bond donors (Lipinski definition) is 1. The minimum absolute atomic E-state index is 0. The van der Waals surface area contributed by atoms with Gasteiger partial charge in [0.1, 0.15) is 5.75 Å². The van der Waals surface area contributed by atoms with E-state index in [2.05, 4.69) is 40.2 Å². The number of benzene rings is 1. The molecule has 4 nitrogen and oxygen atoms in total. The van der Waals surface area contributed by atoms with Crippen molar-refractivity contribution < 1.29 is 4.74 Å². The molecule has 0 amide bonds. The maximum atomic E-state index is 5.51. The van der Waals surface area contributed by atoms with Gasteiger partial charge < -0.3 is 10.1 Å². The molecule has 0 spiro atoms. The molecule has 0 radical (unpaired) electrons. The van der Waals surface area contributed by atoms with E-state index in [4.69, 9.17) is 4.74 Å². The van der Waals surface area contributed by atoms with E-state index in [0.717, 1.165) is 31.4 Å². The lowest BCUT2D eigenvalue weighted by molar-refractivity contribution is 0.170. The van der Waals surface area contributed by atoms with Crippen LogP contribution in [-0.4, -0.2) is 62.2 Å². The van der Waals surface area contributed by atoms with Crippen molar-refractivity contribution in [2.75, 3.05) is 46.4 Å². The Bertz CT molecular complexity index is 477. The summed E-state index contributed by atoms with van der Waals surface area (Å²) in [6.45, 7) is 10.2. The topological polar surface area (TPSA) is 27.7 Å². The smallest absolute Gasteiger partial charge is 0.123 e. The van der Waals surface area contributed by atoms with Gasteiger partial charge in [-0.25, -0.2) is 0 Å². The summed E-state index contributed by atoms with van der Waals surface area (Å²) in [7, 11) is 1.77. The molecule has 1 aromatic rings. The lowest BCUT2D eigenvalue weighted by Crippen LogP contribution is -2.49. The number of rotatable bonds is 4. The van der Waals surface area contributed by atoms with E-state index in [1.807, 2.05) is 0 Å². The lowest BCUT2D eigenvalue weighted by atomic mass is 10.1. The summed E-state index contributed by atoms with van der Waals surface area (Å²) in [5, 5.41) is 3.44. The maximum Gasteiger partial charge on any atom is 0.123 e. The number of halogens is 1. The minimum Gasteiger partial charge on any atom is -0.496 e. The van der Waals surface area contributed by atoms with Gasteiger partial charge in [-0.2, -0.15) is 0 Å². The fourth-order valence-electron chi connectivity index (χ4n) is 3.57. The van der Waals surface area contributed by atoms with Crippen molar-refractivity contribution in [3.8, 4) is 5.75 Å². The molecule has 1 atom stereocenters. The number of nitrogens with zero attached hydrogens (tertiary/aromatic N) is 2.